The van der Waals surface area contributed by atoms with Gasteiger partial charge in [-0.3, -0.25) is 0 Å². The number of fused-ring (bicyclic) bond motifs is 1. The van der Waals surface area contributed by atoms with Gasteiger partial charge in [0, 0.05) is 16.2 Å². The van der Waals surface area contributed by atoms with E-state index >= 15 is 0 Å². The Morgan fingerprint density at radius 2 is 2.20 bits per heavy atom. The molecule has 1 aliphatic heterocycles. The molecule has 0 aliphatic carbocycles. The molecule has 6 heteroatoms. The van der Waals surface area contributed by atoms with Crippen LogP contribution in [0.3, 0.4) is 0 Å². The zero-order valence-electron chi connectivity index (χ0n) is 11.3. The maximum absolute atomic E-state index is 8.91. The van der Waals surface area contributed by atoms with Crippen LogP contribution in [0.1, 0.15) is 18.7 Å². The fraction of sp³-hybridized carbons (Fsp3) is 0.429. The van der Waals surface area contributed by atoms with Gasteiger partial charge in [-0.2, -0.15) is 5.26 Å². The van der Waals surface area contributed by atoms with Gasteiger partial charge >= 0.3 is 0 Å². The van der Waals surface area contributed by atoms with Crippen molar-refractivity contribution in [1.29, 1.82) is 5.26 Å². The molecule has 1 fully saturated rings. The zero-order valence-corrected chi connectivity index (χ0v) is 12.9. The second-order valence-electron chi connectivity index (χ2n) is 5.27. The first-order valence-electron chi connectivity index (χ1n) is 6.70. The van der Waals surface area contributed by atoms with Gasteiger partial charge in [0.05, 0.1) is 5.52 Å². The van der Waals surface area contributed by atoms with Crippen molar-refractivity contribution in [3.05, 3.63) is 22.4 Å². The second-order valence-corrected chi connectivity index (χ2v) is 6.13. The molecule has 1 aliphatic rings. The van der Waals surface area contributed by atoms with Gasteiger partial charge in [-0.15, -0.1) is 0 Å². The molecule has 104 valence electrons. The summed E-state index contributed by atoms with van der Waals surface area (Å²) in [5.74, 6) is 0.345. The largest absolute Gasteiger partial charge is 0.382 e. The van der Waals surface area contributed by atoms with Crippen LogP contribution in [-0.4, -0.2) is 41.0 Å². The maximum Gasteiger partial charge on any atom is 0.211 e. The van der Waals surface area contributed by atoms with E-state index in [1.54, 1.807) is 0 Å². The number of nitriles is 1. The lowest BCUT2D eigenvalue weighted by atomic mass is 10.1. The molecule has 3 rings (SSSR count). The van der Waals surface area contributed by atoms with Crippen LogP contribution in [-0.2, 0) is 0 Å². The first-order valence-corrected chi connectivity index (χ1v) is 7.49. The van der Waals surface area contributed by atoms with Crippen LogP contribution in [0.4, 0.5) is 5.69 Å². The minimum absolute atomic E-state index is 0.345. The number of nitrogens with one attached hydrogen (secondary N) is 2. The SMILES string of the molecule is CN1CCC(Nc2cc(Br)c3nc(C#N)[nH]c3c2)CC1. The molecule has 5 nitrogen and oxygen atoms in total. The van der Waals surface area contributed by atoms with Crippen LogP contribution >= 0.6 is 15.9 Å². The minimum Gasteiger partial charge on any atom is -0.382 e. The number of halogens is 1. The summed E-state index contributed by atoms with van der Waals surface area (Å²) >= 11 is 3.52. The first-order chi connectivity index (χ1) is 9.65. The van der Waals surface area contributed by atoms with E-state index in [-0.39, 0.29) is 0 Å². The molecule has 2 aromatic rings. The van der Waals surface area contributed by atoms with Crippen molar-refractivity contribution >= 4 is 32.7 Å². The van der Waals surface area contributed by atoms with E-state index in [0.29, 0.717) is 11.9 Å². The number of nitrogens with zero attached hydrogens (tertiary/aromatic N) is 3. The van der Waals surface area contributed by atoms with E-state index in [0.717, 1.165) is 47.1 Å². The molecule has 0 atom stereocenters. The molecule has 0 spiro atoms. The molecule has 0 bridgehead atoms. The quantitative estimate of drug-likeness (QED) is 0.886. The number of rotatable bonds is 2. The summed E-state index contributed by atoms with van der Waals surface area (Å²) < 4.78 is 0.906. The van der Waals surface area contributed by atoms with Crippen molar-refractivity contribution in [3.8, 4) is 6.07 Å². The van der Waals surface area contributed by atoms with E-state index in [1.165, 1.54) is 0 Å². The maximum atomic E-state index is 8.91. The fourth-order valence-electron chi connectivity index (χ4n) is 2.60. The number of piperidine rings is 1. The van der Waals surface area contributed by atoms with Gasteiger partial charge < -0.3 is 15.2 Å². The highest BCUT2D eigenvalue weighted by Crippen LogP contribution is 2.28. The molecule has 1 saturated heterocycles. The van der Waals surface area contributed by atoms with Crippen LogP contribution in [0.5, 0.6) is 0 Å². The summed E-state index contributed by atoms with van der Waals surface area (Å²) in [4.78, 5) is 9.60. The lowest BCUT2D eigenvalue weighted by Gasteiger charge is -2.30. The second kappa shape index (κ2) is 5.43. The first kappa shape index (κ1) is 13.4. The summed E-state index contributed by atoms with van der Waals surface area (Å²) in [6, 6.07) is 6.59. The monoisotopic (exact) mass is 333 g/mol. The number of aromatic nitrogens is 2. The molecular formula is C14H16BrN5. The van der Waals surface area contributed by atoms with Gasteiger partial charge in [-0.1, -0.05) is 0 Å². The number of hydrogen-bond acceptors (Lipinski definition) is 4. The Hall–Kier alpha value is -1.58. The van der Waals surface area contributed by atoms with E-state index in [2.05, 4.69) is 43.2 Å². The number of benzene rings is 1. The van der Waals surface area contributed by atoms with Crippen molar-refractivity contribution in [2.75, 3.05) is 25.5 Å². The van der Waals surface area contributed by atoms with E-state index < -0.39 is 0 Å². The Kier molecular flexibility index (Phi) is 3.64. The van der Waals surface area contributed by atoms with Crippen LogP contribution in [0.15, 0.2) is 16.6 Å². The summed E-state index contributed by atoms with van der Waals surface area (Å²) in [6.45, 7) is 2.26. The summed E-state index contributed by atoms with van der Waals surface area (Å²) in [5, 5.41) is 12.5. The summed E-state index contributed by atoms with van der Waals surface area (Å²) in [6.07, 6.45) is 2.30. The molecular weight excluding hydrogens is 318 g/mol. The van der Waals surface area contributed by atoms with Gasteiger partial charge in [0.15, 0.2) is 0 Å². The highest BCUT2D eigenvalue weighted by molar-refractivity contribution is 9.10. The van der Waals surface area contributed by atoms with Gasteiger partial charge in [0.25, 0.3) is 0 Å². The lowest BCUT2D eigenvalue weighted by molar-refractivity contribution is 0.264. The van der Waals surface area contributed by atoms with E-state index in [4.69, 9.17) is 5.26 Å². The third-order valence-electron chi connectivity index (χ3n) is 3.74. The van der Waals surface area contributed by atoms with Gasteiger partial charge in [-0.05, 0) is 61.0 Å². The number of hydrogen-bond donors (Lipinski definition) is 2. The average Bonchev–Trinajstić information content (AvgIpc) is 2.85. The fourth-order valence-corrected chi connectivity index (χ4v) is 3.15. The molecule has 20 heavy (non-hydrogen) atoms. The molecule has 1 aromatic heterocycles. The van der Waals surface area contributed by atoms with Crippen molar-refractivity contribution in [2.24, 2.45) is 0 Å². The predicted molar refractivity (Wildman–Crippen MR) is 82.7 cm³/mol. The van der Waals surface area contributed by atoms with Crippen LogP contribution in [0.25, 0.3) is 11.0 Å². The van der Waals surface area contributed by atoms with Gasteiger partial charge in [0.1, 0.15) is 11.6 Å². The molecule has 2 heterocycles. The normalized spacial score (nSPS) is 17.2. The standard InChI is InChI=1S/C14H16BrN5/c1-20-4-2-9(3-5-20)17-10-6-11(15)14-12(7-10)18-13(8-16)19-14/h6-7,9,17H,2-5H2,1H3,(H,18,19). The van der Waals surface area contributed by atoms with Crippen molar-refractivity contribution in [3.63, 3.8) is 0 Å². The van der Waals surface area contributed by atoms with Crippen LogP contribution in [0.2, 0.25) is 0 Å². The van der Waals surface area contributed by atoms with Gasteiger partial charge in [0.2, 0.25) is 5.82 Å². The summed E-state index contributed by atoms with van der Waals surface area (Å²) in [5.41, 5.74) is 2.74. The minimum atomic E-state index is 0.345. The molecule has 2 N–H and O–H groups in total. The Labute approximate surface area is 126 Å². The summed E-state index contributed by atoms with van der Waals surface area (Å²) in [7, 11) is 2.16. The lowest BCUT2D eigenvalue weighted by Crippen LogP contribution is -2.36. The predicted octanol–water partition coefficient (Wildman–Crippen LogP) is 2.70. The van der Waals surface area contributed by atoms with Gasteiger partial charge in [-0.25, -0.2) is 4.98 Å². The van der Waals surface area contributed by atoms with Crippen molar-refractivity contribution in [2.45, 2.75) is 18.9 Å². The molecule has 0 amide bonds. The zero-order chi connectivity index (χ0) is 14.1. The van der Waals surface area contributed by atoms with E-state index in [1.807, 2.05) is 18.2 Å². The molecule has 1 aromatic carbocycles. The van der Waals surface area contributed by atoms with Crippen LogP contribution < -0.4 is 5.32 Å². The molecule has 0 unspecified atom stereocenters. The third kappa shape index (κ3) is 2.65. The number of H-pyrrole nitrogens is 1. The number of imidazole rings is 1. The van der Waals surface area contributed by atoms with Crippen molar-refractivity contribution in [1.82, 2.24) is 14.9 Å². The molecule has 0 saturated carbocycles. The van der Waals surface area contributed by atoms with E-state index in [9.17, 15) is 0 Å². The average molecular weight is 334 g/mol. The third-order valence-corrected chi connectivity index (χ3v) is 4.34. The van der Waals surface area contributed by atoms with Crippen LogP contribution in [0, 0.1) is 11.3 Å². The number of anilines is 1. The number of likely N-dealkylation sites (tertiary alicyclic amines) is 1. The highest BCUT2D eigenvalue weighted by atomic mass is 79.9. The Bertz CT molecular complexity index is 664. The smallest absolute Gasteiger partial charge is 0.211 e. The Morgan fingerprint density at radius 3 is 2.90 bits per heavy atom. The molecule has 0 radical (unpaired) electrons. The van der Waals surface area contributed by atoms with Crippen molar-refractivity contribution < 1.29 is 0 Å². The Morgan fingerprint density at radius 1 is 1.45 bits per heavy atom. The highest BCUT2D eigenvalue weighted by Gasteiger charge is 2.17. The topological polar surface area (TPSA) is 67.7 Å². The number of aromatic amines is 1. The Balaban J connectivity index is 1.83.